The van der Waals surface area contributed by atoms with Crippen LogP contribution in [0.1, 0.15) is 24.7 Å². The van der Waals surface area contributed by atoms with Crippen LogP contribution in [0, 0.1) is 0 Å². The van der Waals surface area contributed by atoms with Crippen LogP contribution in [0.2, 0.25) is 0 Å². The maximum absolute atomic E-state index is 5.36. The molecule has 0 aliphatic rings. The minimum Gasteiger partial charge on any atom is -0.469 e. The minimum absolute atomic E-state index is 0. The second-order valence-corrected chi connectivity index (χ2v) is 5.30. The fourth-order valence-corrected chi connectivity index (χ4v) is 2.21. The lowest BCUT2D eigenvalue weighted by Gasteiger charge is -2.22. The second-order valence-electron chi connectivity index (χ2n) is 5.30. The van der Waals surface area contributed by atoms with Crippen molar-refractivity contribution in [2.45, 2.75) is 26.3 Å². The van der Waals surface area contributed by atoms with Crippen LogP contribution >= 0.6 is 24.0 Å². The SMILES string of the molecule is CCCN=C(NCCc1ccco1)N(C)Cc1ccccc1.I. The summed E-state index contributed by atoms with van der Waals surface area (Å²) in [6, 6.07) is 14.4. The van der Waals surface area contributed by atoms with Crippen molar-refractivity contribution in [3.05, 3.63) is 60.1 Å². The van der Waals surface area contributed by atoms with Gasteiger partial charge in [0.25, 0.3) is 0 Å². The van der Waals surface area contributed by atoms with Gasteiger partial charge in [-0.05, 0) is 24.1 Å². The molecular weight excluding hydrogens is 401 g/mol. The van der Waals surface area contributed by atoms with Crippen molar-refractivity contribution < 1.29 is 4.42 Å². The highest BCUT2D eigenvalue weighted by Gasteiger charge is 2.07. The monoisotopic (exact) mass is 427 g/mol. The van der Waals surface area contributed by atoms with Crippen LogP contribution in [0.25, 0.3) is 0 Å². The molecular formula is C18H26IN3O. The Balaban J connectivity index is 0.00000264. The molecule has 0 amide bonds. The Labute approximate surface area is 156 Å². The summed E-state index contributed by atoms with van der Waals surface area (Å²) in [5, 5.41) is 3.43. The third-order valence-electron chi connectivity index (χ3n) is 3.34. The van der Waals surface area contributed by atoms with Crippen molar-refractivity contribution in [3.8, 4) is 0 Å². The number of benzene rings is 1. The van der Waals surface area contributed by atoms with Crippen LogP contribution in [0.5, 0.6) is 0 Å². The second kappa shape index (κ2) is 11.1. The third kappa shape index (κ3) is 7.07. The molecule has 2 aromatic rings. The predicted octanol–water partition coefficient (Wildman–Crippen LogP) is 3.93. The fraction of sp³-hybridized carbons (Fsp3) is 0.389. The van der Waals surface area contributed by atoms with Gasteiger partial charge in [0.15, 0.2) is 5.96 Å². The van der Waals surface area contributed by atoms with Crippen LogP contribution in [-0.2, 0) is 13.0 Å². The summed E-state index contributed by atoms with van der Waals surface area (Å²) >= 11 is 0. The molecule has 0 bridgehead atoms. The van der Waals surface area contributed by atoms with E-state index in [9.17, 15) is 0 Å². The topological polar surface area (TPSA) is 40.8 Å². The number of nitrogens with one attached hydrogen (secondary N) is 1. The van der Waals surface area contributed by atoms with Gasteiger partial charge in [-0.15, -0.1) is 24.0 Å². The van der Waals surface area contributed by atoms with Gasteiger partial charge in [-0.1, -0.05) is 37.3 Å². The molecule has 1 N–H and O–H groups in total. The molecule has 23 heavy (non-hydrogen) atoms. The number of guanidine groups is 1. The Morgan fingerprint density at radius 3 is 2.61 bits per heavy atom. The van der Waals surface area contributed by atoms with E-state index in [0.717, 1.165) is 44.2 Å². The van der Waals surface area contributed by atoms with E-state index in [4.69, 9.17) is 4.42 Å². The molecule has 0 aliphatic carbocycles. The van der Waals surface area contributed by atoms with Crippen LogP contribution < -0.4 is 5.32 Å². The summed E-state index contributed by atoms with van der Waals surface area (Å²) in [7, 11) is 2.07. The Morgan fingerprint density at radius 2 is 1.96 bits per heavy atom. The van der Waals surface area contributed by atoms with Crippen molar-refractivity contribution >= 4 is 29.9 Å². The first-order valence-electron chi connectivity index (χ1n) is 7.85. The molecule has 1 aromatic carbocycles. The zero-order chi connectivity index (χ0) is 15.6. The van der Waals surface area contributed by atoms with E-state index in [2.05, 4.69) is 53.4 Å². The van der Waals surface area contributed by atoms with E-state index in [1.807, 2.05) is 18.2 Å². The van der Waals surface area contributed by atoms with Crippen molar-refractivity contribution in [2.24, 2.45) is 4.99 Å². The Bertz CT molecular complexity index is 555. The van der Waals surface area contributed by atoms with Crippen molar-refractivity contribution in [1.29, 1.82) is 0 Å². The molecule has 5 heteroatoms. The quantitative estimate of drug-likeness (QED) is 0.414. The summed E-state index contributed by atoms with van der Waals surface area (Å²) in [5.41, 5.74) is 1.28. The van der Waals surface area contributed by atoms with Gasteiger partial charge in [-0.3, -0.25) is 4.99 Å². The summed E-state index contributed by atoms with van der Waals surface area (Å²) in [5.74, 6) is 1.94. The maximum atomic E-state index is 5.36. The molecule has 0 atom stereocenters. The van der Waals surface area contributed by atoms with Gasteiger partial charge >= 0.3 is 0 Å². The molecule has 0 radical (unpaired) electrons. The highest BCUT2D eigenvalue weighted by Crippen LogP contribution is 2.04. The lowest BCUT2D eigenvalue weighted by atomic mass is 10.2. The third-order valence-corrected chi connectivity index (χ3v) is 3.34. The summed E-state index contributed by atoms with van der Waals surface area (Å²) in [4.78, 5) is 6.82. The van der Waals surface area contributed by atoms with Gasteiger partial charge in [0.05, 0.1) is 6.26 Å². The molecule has 1 heterocycles. The van der Waals surface area contributed by atoms with Crippen molar-refractivity contribution in [1.82, 2.24) is 10.2 Å². The average molecular weight is 427 g/mol. The van der Waals surface area contributed by atoms with E-state index in [1.165, 1.54) is 5.56 Å². The number of halogens is 1. The van der Waals surface area contributed by atoms with Crippen LogP contribution in [0.4, 0.5) is 0 Å². The summed E-state index contributed by atoms with van der Waals surface area (Å²) in [6.45, 7) is 4.63. The Morgan fingerprint density at radius 1 is 1.17 bits per heavy atom. The summed E-state index contributed by atoms with van der Waals surface area (Å²) in [6.07, 6.45) is 3.61. The highest BCUT2D eigenvalue weighted by atomic mass is 127. The normalized spacial score (nSPS) is 11.0. The van der Waals surface area contributed by atoms with Gasteiger partial charge in [0, 0.05) is 33.1 Å². The molecule has 0 unspecified atom stereocenters. The fourth-order valence-electron chi connectivity index (χ4n) is 2.21. The van der Waals surface area contributed by atoms with E-state index < -0.39 is 0 Å². The standard InChI is InChI=1S/C18H25N3O.HI/c1-3-12-19-18(20-13-11-17-10-7-14-22-17)21(2)15-16-8-5-4-6-9-16;/h4-10,14H,3,11-13,15H2,1-2H3,(H,19,20);1H. The van der Waals surface area contributed by atoms with Gasteiger partial charge in [-0.2, -0.15) is 0 Å². The lowest BCUT2D eigenvalue weighted by Crippen LogP contribution is -2.39. The van der Waals surface area contributed by atoms with Gasteiger partial charge < -0.3 is 14.6 Å². The van der Waals surface area contributed by atoms with E-state index in [1.54, 1.807) is 6.26 Å². The molecule has 0 saturated heterocycles. The highest BCUT2D eigenvalue weighted by molar-refractivity contribution is 14.0. The maximum Gasteiger partial charge on any atom is 0.193 e. The zero-order valence-electron chi connectivity index (χ0n) is 13.9. The smallest absolute Gasteiger partial charge is 0.193 e. The minimum atomic E-state index is 0. The van der Waals surface area contributed by atoms with Crippen LogP contribution in [0.3, 0.4) is 0 Å². The molecule has 4 nitrogen and oxygen atoms in total. The number of aliphatic imine (C=N–C) groups is 1. The molecule has 0 saturated carbocycles. The molecule has 0 fully saturated rings. The van der Waals surface area contributed by atoms with Crippen LogP contribution in [-0.4, -0.2) is 31.0 Å². The first kappa shape index (κ1) is 19.5. The van der Waals surface area contributed by atoms with Gasteiger partial charge in [0.1, 0.15) is 5.76 Å². The molecule has 1 aromatic heterocycles. The summed E-state index contributed by atoms with van der Waals surface area (Å²) < 4.78 is 5.36. The van der Waals surface area contributed by atoms with Crippen molar-refractivity contribution in [2.75, 3.05) is 20.1 Å². The average Bonchev–Trinajstić information content (AvgIpc) is 3.05. The zero-order valence-corrected chi connectivity index (χ0v) is 16.2. The first-order valence-corrected chi connectivity index (χ1v) is 7.85. The molecule has 0 aliphatic heterocycles. The predicted molar refractivity (Wildman–Crippen MR) is 106 cm³/mol. The van der Waals surface area contributed by atoms with Crippen molar-refractivity contribution in [3.63, 3.8) is 0 Å². The van der Waals surface area contributed by atoms with Crippen LogP contribution in [0.15, 0.2) is 58.1 Å². The van der Waals surface area contributed by atoms with Gasteiger partial charge in [0.2, 0.25) is 0 Å². The van der Waals surface area contributed by atoms with Gasteiger partial charge in [-0.25, -0.2) is 0 Å². The molecule has 126 valence electrons. The lowest BCUT2D eigenvalue weighted by molar-refractivity contribution is 0.468. The largest absolute Gasteiger partial charge is 0.469 e. The Kier molecular flexibility index (Phi) is 9.43. The van der Waals surface area contributed by atoms with E-state index >= 15 is 0 Å². The number of rotatable bonds is 7. The number of furan rings is 1. The number of nitrogens with zero attached hydrogens (tertiary/aromatic N) is 2. The molecule has 2 rings (SSSR count). The first-order chi connectivity index (χ1) is 10.8. The number of hydrogen-bond donors (Lipinski definition) is 1. The molecule has 0 spiro atoms. The van der Waals surface area contributed by atoms with E-state index in [0.29, 0.717) is 0 Å². The van der Waals surface area contributed by atoms with E-state index in [-0.39, 0.29) is 24.0 Å². The Hall–Kier alpha value is -1.50. The number of hydrogen-bond acceptors (Lipinski definition) is 2.